The van der Waals surface area contributed by atoms with Crippen LogP contribution in [0.1, 0.15) is 36.2 Å². The third-order valence-electron chi connectivity index (χ3n) is 4.11. The summed E-state index contributed by atoms with van der Waals surface area (Å²) >= 11 is 0. The van der Waals surface area contributed by atoms with Gasteiger partial charge in [0.15, 0.2) is 0 Å². The van der Waals surface area contributed by atoms with Crippen LogP contribution >= 0.6 is 0 Å². The third kappa shape index (κ3) is 2.30. The predicted molar refractivity (Wildman–Crippen MR) is 81.6 cm³/mol. The normalized spacial score (nSPS) is 16.3. The number of nitrogens with one attached hydrogen (secondary N) is 1. The van der Waals surface area contributed by atoms with E-state index in [0.29, 0.717) is 0 Å². The van der Waals surface area contributed by atoms with Crippen LogP contribution in [0.15, 0.2) is 12.1 Å². The molecule has 0 bridgehead atoms. The number of hydrogen-bond donors (Lipinski definition) is 1. The summed E-state index contributed by atoms with van der Waals surface area (Å²) in [6.07, 6.45) is 1.16. The van der Waals surface area contributed by atoms with Gasteiger partial charge in [-0.05, 0) is 42.5 Å². The topological polar surface area (TPSA) is 19.0 Å². The maximum absolute atomic E-state index is 3.64. The van der Waals surface area contributed by atoms with Crippen molar-refractivity contribution < 1.29 is 0 Å². The van der Waals surface area contributed by atoms with Gasteiger partial charge >= 0.3 is 0 Å². The molecule has 1 aromatic carbocycles. The Morgan fingerprint density at radius 3 is 2.79 bits per heavy atom. The van der Waals surface area contributed by atoms with Gasteiger partial charge in [0, 0.05) is 42.7 Å². The van der Waals surface area contributed by atoms with Crippen LogP contribution in [0.5, 0.6) is 0 Å². The minimum absolute atomic E-state index is 0.745. The second-order valence-electron chi connectivity index (χ2n) is 6.47. The molecule has 0 fully saturated rings. The second-order valence-corrected chi connectivity index (χ2v) is 6.47. The van der Waals surface area contributed by atoms with Gasteiger partial charge in [-0.15, -0.1) is 0 Å². The summed E-state index contributed by atoms with van der Waals surface area (Å²) in [5.41, 5.74) is 7.10. The van der Waals surface area contributed by atoms with Crippen LogP contribution in [0.25, 0.3) is 10.9 Å². The zero-order chi connectivity index (χ0) is 13.6. The molecule has 2 aromatic rings. The first kappa shape index (κ1) is 12.7. The van der Waals surface area contributed by atoms with E-state index in [-0.39, 0.29) is 0 Å². The molecular formula is C17H24N2. The van der Waals surface area contributed by atoms with Crippen LogP contribution in [-0.4, -0.2) is 23.0 Å². The number of hydrogen-bond acceptors (Lipinski definition) is 1. The lowest BCUT2D eigenvalue weighted by Crippen LogP contribution is -2.33. The van der Waals surface area contributed by atoms with Crippen molar-refractivity contribution in [2.24, 2.45) is 5.92 Å². The number of H-pyrrole nitrogens is 1. The fraction of sp³-hybridized carbons (Fsp3) is 0.529. The maximum Gasteiger partial charge on any atom is 0.0464 e. The van der Waals surface area contributed by atoms with E-state index in [1.807, 2.05) is 0 Å². The summed E-state index contributed by atoms with van der Waals surface area (Å²) in [7, 11) is 0. The zero-order valence-electron chi connectivity index (χ0n) is 12.5. The zero-order valence-corrected chi connectivity index (χ0v) is 12.5. The fourth-order valence-corrected chi connectivity index (χ4v) is 3.49. The molecule has 19 heavy (non-hydrogen) atoms. The minimum atomic E-state index is 0.745. The first-order valence-corrected chi connectivity index (χ1v) is 7.37. The van der Waals surface area contributed by atoms with Gasteiger partial charge in [-0.1, -0.05) is 19.9 Å². The molecule has 0 saturated heterocycles. The molecule has 1 aromatic heterocycles. The Labute approximate surface area is 115 Å². The molecule has 0 spiro atoms. The second kappa shape index (κ2) is 4.68. The average molecular weight is 256 g/mol. The Kier molecular flexibility index (Phi) is 3.14. The lowest BCUT2D eigenvalue weighted by molar-refractivity contribution is 0.226. The molecule has 2 heteroatoms. The number of aromatic amines is 1. The Morgan fingerprint density at radius 2 is 2.05 bits per heavy atom. The van der Waals surface area contributed by atoms with Gasteiger partial charge in [-0.2, -0.15) is 0 Å². The van der Waals surface area contributed by atoms with Crippen molar-refractivity contribution in [2.75, 3.05) is 13.1 Å². The lowest BCUT2D eigenvalue weighted by Gasteiger charge is -2.28. The van der Waals surface area contributed by atoms with E-state index in [1.165, 1.54) is 40.8 Å². The van der Waals surface area contributed by atoms with Gasteiger partial charge in [0.25, 0.3) is 0 Å². The van der Waals surface area contributed by atoms with Crippen molar-refractivity contribution >= 4 is 10.9 Å². The SMILES string of the molecule is Cc1cc(C)c2c3c([nH]c2c1)CCN(CC(C)C)C3. The van der Waals surface area contributed by atoms with E-state index >= 15 is 0 Å². The van der Waals surface area contributed by atoms with Crippen LogP contribution in [-0.2, 0) is 13.0 Å². The number of aryl methyl sites for hydroxylation is 2. The predicted octanol–water partition coefficient (Wildman–Crippen LogP) is 3.80. The molecule has 0 amide bonds. The molecule has 1 aliphatic rings. The highest BCUT2D eigenvalue weighted by atomic mass is 15.1. The molecule has 0 atom stereocenters. The molecule has 1 N–H and O–H groups in total. The Balaban J connectivity index is 2.03. The molecule has 0 saturated carbocycles. The highest BCUT2D eigenvalue weighted by Crippen LogP contribution is 2.31. The van der Waals surface area contributed by atoms with E-state index in [1.54, 1.807) is 5.56 Å². The first-order valence-electron chi connectivity index (χ1n) is 7.37. The Bertz CT molecular complexity index is 607. The fourth-order valence-electron chi connectivity index (χ4n) is 3.49. The first-order chi connectivity index (χ1) is 9.04. The van der Waals surface area contributed by atoms with Crippen molar-refractivity contribution in [3.05, 3.63) is 34.5 Å². The van der Waals surface area contributed by atoms with Crippen LogP contribution in [0.4, 0.5) is 0 Å². The van der Waals surface area contributed by atoms with Gasteiger partial charge in [-0.25, -0.2) is 0 Å². The summed E-state index contributed by atoms with van der Waals surface area (Å²) in [4.78, 5) is 6.24. The van der Waals surface area contributed by atoms with Crippen LogP contribution in [0, 0.1) is 19.8 Å². The summed E-state index contributed by atoms with van der Waals surface area (Å²) in [6.45, 7) is 12.5. The number of benzene rings is 1. The highest BCUT2D eigenvalue weighted by molar-refractivity contribution is 5.88. The van der Waals surface area contributed by atoms with E-state index in [4.69, 9.17) is 0 Å². The molecule has 2 heterocycles. The molecular weight excluding hydrogens is 232 g/mol. The van der Waals surface area contributed by atoms with E-state index in [0.717, 1.165) is 18.9 Å². The molecule has 2 nitrogen and oxygen atoms in total. The summed E-state index contributed by atoms with van der Waals surface area (Å²) in [5.74, 6) is 0.745. The van der Waals surface area contributed by atoms with Gasteiger partial charge in [0.05, 0.1) is 0 Å². The third-order valence-corrected chi connectivity index (χ3v) is 4.11. The smallest absolute Gasteiger partial charge is 0.0464 e. The molecule has 0 aliphatic carbocycles. The minimum Gasteiger partial charge on any atom is -0.358 e. The van der Waals surface area contributed by atoms with Crippen LogP contribution in [0.2, 0.25) is 0 Å². The monoisotopic (exact) mass is 256 g/mol. The van der Waals surface area contributed by atoms with Gasteiger partial charge in [0.2, 0.25) is 0 Å². The van der Waals surface area contributed by atoms with E-state index in [9.17, 15) is 0 Å². The van der Waals surface area contributed by atoms with Gasteiger partial charge in [0.1, 0.15) is 0 Å². The molecule has 0 radical (unpaired) electrons. The number of rotatable bonds is 2. The van der Waals surface area contributed by atoms with E-state index < -0.39 is 0 Å². The van der Waals surface area contributed by atoms with Gasteiger partial charge in [-0.3, -0.25) is 4.90 Å². The molecule has 1 aliphatic heterocycles. The number of aromatic nitrogens is 1. The molecule has 102 valence electrons. The van der Waals surface area contributed by atoms with Gasteiger partial charge < -0.3 is 4.98 Å². The summed E-state index contributed by atoms with van der Waals surface area (Å²) in [6, 6.07) is 4.59. The molecule has 0 unspecified atom stereocenters. The maximum atomic E-state index is 3.64. The van der Waals surface area contributed by atoms with Crippen molar-refractivity contribution in [1.82, 2.24) is 9.88 Å². The number of nitrogens with zero attached hydrogens (tertiary/aromatic N) is 1. The average Bonchev–Trinajstić information content (AvgIpc) is 2.65. The summed E-state index contributed by atoms with van der Waals surface area (Å²) < 4.78 is 0. The number of fused-ring (bicyclic) bond motifs is 3. The standard InChI is InChI=1S/C17H24N2/c1-11(2)9-19-6-5-15-14(10-19)17-13(4)7-12(3)8-16(17)18-15/h7-8,11,18H,5-6,9-10H2,1-4H3. The largest absolute Gasteiger partial charge is 0.358 e. The van der Waals surface area contributed by atoms with Crippen molar-refractivity contribution in [1.29, 1.82) is 0 Å². The van der Waals surface area contributed by atoms with E-state index in [2.05, 4.69) is 49.7 Å². The highest BCUT2D eigenvalue weighted by Gasteiger charge is 2.21. The van der Waals surface area contributed by atoms with Crippen molar-refractivity contribution in [3.63, 3.8) is 0 Å². The van der Waals surface area contributed by atoms with Crippen molar-refractivity contribution in [3.8, 4) is 0 Å². The Morgan fingerprint density at radius 1 is 1.26 bits per heavy atom. The van der Waals surface area contributed by atoms with Crippen molar-refractivity contribution in [2.45, 2.75) is 40.7 Å². The Hall–Kier alpha value is -1.28. The quantitative estimate of drug-likeness (QED) is 0.866. The van der Waals surface area contributed by atoms with Crippen LogP contribution < -0.4 is 0 Å². The lowest BCUT2D eigenvalue weighted by atomic mass is 9.99. The van der Waals surface area contributed by atoms with Crippen LogP contribution in [0.3, 0.4) is 0 Å². The summed E-state index contributed by atoms with van der Waals surface area (Å²) in [5, 5.41) is 1.47. The molecule has 3 rings (SSSR count).